The molecule has 1 heterocycles. The van der Waals surface area contributed by atoms with Gasteiger partial charge in [0.1, 0.15) is 12.1 Å². The molecule has 1 unspecified atom stereocenters. The number of rotatable bonds is 2. The van der Waals surface area contributed by atoms with Gasteiger partial charge in [-0.2, -0.15) is 0 Å². The predicted octanol–water partition coefficient (Wildman–Crippen LogP) is 0.287. The number of nitrogens with zero attached hydrogens (tertiary/aromatic N) is 1. The third-order valence-corrected chi connectivity index (χ3v) is 3.08. The number of carbonyl (C=O) groups is 2. The summed E-state index contributed by atoms with van der Waals surface area (Å²) < 4.78 is 0. The lowest BCUT2D eigenvalue weighted by Crippen LogP contribution is -2.51. The summed E-state index contributed by atoms with van der Waals surface area (Å²) >= 11 is 0. The molecule has 1 aliphatic rings. The third-order valence-electron chi connectivity index (χ3n) is 3.08. The van der Waals surface area contributed by atoms with Crippen LogP contribution in [-0.2, 0) is 11.2 Å². The number of amides is 2. The highest BCUT2D eigenvalue weighted by molar-refractivity contribution is 5.99. The molecule has 1 aliphatic heterocycles. The Bertz CT molecular complexity index is 473. The van der Waals surface area contributed by atoms with E-state index in [2.05, 4.69) is 5.32 Å². The molecule has 2 rings (SSSR count). The third kappa shape index (κ3) is 2.45. The molecule has 18 heavy (non-hydrogen) atoms. The van der Waals surface area contributed by atoms with Crippen molar-refractivity contribution in [1.29, 1.82) is 0 Å². The first-order chi connectivity index (χ1) is 8.59. The molecule has 0 radical (unpaired) electrons. The van der Waals surface area contributed by atoms with Gasteiger partial charge in [-0.05, 0) is 31.4 Å². The van der Waals surface area contributed by atoms with Gasteiger partial charge in [-0.1, -0.05) is 18.2 Å². The number of benzene rings is 1. The molecular weight excluding hydrogens is 232 g/mol. The Morgan fingerprint density at radius 2 is 2.11 bits per heavy atom. The van der Waals surface area contributed by atoms with Gasteiger partial charge in [-0.3, -0.25) is 4.79 Å². The van der Waals surface area contributed by atoms with Crippen LogP contribution in [-0.4, -0.2) is 24.6 Å². The molecule has 1 aromatic carbocycles. The summed E-state index contributed by atoms with van der Waals surface area (Å²) in [7, 11) is 0. The second kappa shape index (κ2) is 5.08. The maximum absolute atomic E-state index is 12.2. The molecule has 0 spiro atoms. The molecular formula is C13H15N2O3-. The quantitative estimate of drug-likeness (QED) is 0.816. The summed E-state index contributed by atoms with van der Waals surface area (Å²) in [4.78, 5) is 24.3. The maximum atomic E-state index is 12.2. The van der Waals surface area contributed by atoms with Crippen LogP contribution in [0.25, 0.3) is 0 Å². The fourth-order valence-electron chi connectivity index (χ4n) is 2.23. The standard InChI is InChI=1S/C13H16N2O3/c1-9(14-13(17)18)12(16)15-8-4-6-10-5-2-3-7-11(10)15/h2-3,5,7,9,14H,4,6,8H2,1H3,(H,17,18)/p-1. The number of aryl methyl sites for hydroxylation is 1. The molecule has 0 saturated heterocycles. The Morgan fingerprint density at radius 3 is 2.83 bits per heavy atom. The highest BCUT2D eigenvalue weighted by Crippen LogP contribution is 2.27. The molecule has 0 bridgehead atoms. The summed E-state index contributed by atoms with van der Waals surface area (Å²) in [5.74, 6) is -0.244. The number of nitrogens with one attached hydrogen (secondary N) is 1. The molecule has 5 nitrogen and oxygen atoms in total. The fraction of sp³-hybridized carbons (Fsp3) is 0.385. The van der Waals surface area contributed by atoms with Crippen molar-refractivity contribution in [3.8, 4) is 0 Å². The summed E-state index contributed by atoms with van der Waals surface area (Å²) in [6.45, 7) is 2.14. The number of para-hydroxylation sites is 1. The molecule has 0 aromatic heterocycles. The van der Waals surface area contributed by atoms with E-state index in [-0.39, 0.29) is 5.91 Å². The van der Waals surface area contributed by atoms with Crippen molar-refractivity contribution in [3.05, 3.63) is 29.8 Å². The number of anilines is 1. The normalized spacial score (nSPS) is 15.7. The van der Waals surface area contributed by atoms with Gasteiger partial charge in [0.25, 0.3) is 0 Å². The molecule has 96 valence electrons. The number of carbonyl (C=O) groups excluding carboxylic acids is 2. The van der Waals surface area contributed by atoms with E-state index in [1.54, 1.807) is 4.90 Å². The van der Waals surface area contributed by atoms with E-state index >= 15 is 0 Å². The second-order valence-corrected chi connectivity index (χ2v) is 4.38. The topological polar surface area (TPSA) is 72.5 Å². The lowest BCUT2D eigenvalue weighted by molar-refractivity contribution is -0.251. The van der Waals surface area contributed by atoms with Crippen LogP contribution in [0.2, 0.25) is 0 Å². The number of hydrogen-bond donors (Lipinski definition) is 1. The van der Waals surface area contributed by atoms with E-state index < -0.39 is 12.1 Å². The monoisotopic (exact) mass is 247 g/mol. The fourth-order valence-corrected chi connectivity index (χ4v) is 2.23. The van der Waals surface area contributed by atoms with Crippen molar-refractivity contribution in [2.45, 2.75) is 25.8 Å². The van der Waals surface area contributed by atoms with E-state index in [4.69, 9.17) is 0 Å². The molecule has 0 aliphatic carbocycles. The van der Waals surface area contributed by atoms with Crippen molar-refractivity contribution in [2.75, 3.05) is 11.4 Å². The number of fused-ring (bicyclic) bond motifs is 1. The van der Waals surface area contributed by atoms with Crippen molar-refractivity contribution in [2.24, 2.45) is 0 Å². The molecule has 1 aromatic rings. The van der Waals surface area contributed by atoms with Crippen LogP contribution in [0.4, 0.5) is 10.5 Å². The van der Waals surface area contributed by atoms with Crippen LogP contribution >= 0.6 is 0 Å². The van der Waals surface area contributed by atoms with E-state index in [1.807, 2.05) is 24.3 Å². The van der Waals surface area contributed by atoms with Crippen LogP contribution in [0.3, 0.4) is 0 Å². The maximum Gasteiger partial charge on any atom is 0.249 e. The first kappa shape index (κ1) is 12.4. The van der Waals surface area contributed by atoms with E-state index in [1.165, 1.54) is 6.92 Å². The summed E-state index contributed by atoms with van der Waals surface area (Å²) in [6, 6.07) is 6.90. The SMILES string of the molecule is CC(NC(=O)[O-])C(=O)N1CCCc2ccccc21. The van der Waals surface area contributed by atoms with Crippen LogP contribution in [0.1, 0.15) is 18.9 Å². The average molecular weight is 247 g/mol. The lowest BCUT2D eigenvalue weighted by atomic mass is 10.0. The molecule has 2 amide bonds. The van der Waals surface area contributed by atoms with Gasteiger partial charge >= 0.3 is 0 Å². The smallest absolute Gasteiger partial charge is 0.249 e. The van der Waals surface area contributed by atoms with Gasteiger partial charge in [-0.15, -0.1) is 0 Å². The Kier molecular flexibility index (Phi) is 3.50. The molecule has 1 N–H and O–H groups in total. The van der Waals surface area contributed by atoms with E-state index in [0.29, 0.717) is 6.54 Å². The van der Waals surface area contributed by atoms with Gasteiger partial charge < -0.3 is 20.1 Å². The summed E-state index contributed by atoms with van der Waals surface area (Å²) in [5, 5.41) is 12.5. The Balaban J connectivity index is 2.20. The Labute approximate surface area is 105 Å². The Hall–Kier alpha value is -2.04. The van der Waals surface area contributed by atoms with Crippen LogP contribution < -0.4 is 15.3 Å². The summed E-state index contributed by atoms with van der Waals surface area (Å²) in [5.41, 5.74) is 2.00. The Morgan fingerprint density at radius 1 is 1.39 bits per heavy atom. The van der Waals surface area contributed by atoms with Gasteiger partial charge in [0, 0.05) is 12.2 Å². The largest absolute Gasteiger partial charge is 0.530 e. The van der Waals surface area contributed by atoms with Crippen molar-refractivity contribution in [1.82, 2.24) is 5.32 Å². The highest BCUT2D eigenvalue weighted by atomic mass is 16.4. The van der Waals surface area contributed by atoms with Gasteiger partial charge in [0.2, 0.25) is 5.91 Å². The lowest BCUT2D eigenvalue weighted by Gasteiger charge is -2.31. The van der Waals surface area contributed by atoms with Gasteiger partial charge in [-0.25, -0.2) is 0 Å². The number of hydrogen-bond acceptors (Lipinski definition) is 3. The van der Waals surface area contributed by atoms with Crippen LogP contribution in [0.15, 0.2) is 24.3 Å². The predicted molar refractivity (Wildman–Crippen MR) is 65.1 cm³/mol. The zero-order chi connectivity index (χ0) is 13.1. The van der Waals surface area contributed by atoms with Crippen molar-refractivity contribution >= 4 is 17.7 Å². The molecule has 1 atom stereocenters. The van der Waals surface area contributed by atoms with E-state index in [9.17, 15) is 14.7 Å². The van der Waals surface area contributed by atoms with E-state index in [0.717, 1.165) is 24.1 Å². The van der Waals surface area contributed by atoms with Gasteiger partial charge in [0.05, 0.1) is 0 Å². The van der Waals surface area contributed by atoms with Crippen molar-refractivity contribution in [3.63, 3.8) is 0 Å². The van der Waals surface area contributed by atoms with Crippen LogP contribution in [0.5, 0.6) is 0 Å². The molecule has 0 saturated carbocycles. The van der Waals surface area contributed by atoms with Crippen molar-refractivity contribution < 1.29 is 14.7 Å². The number of carboxylic acid groups (broad SMARTS) is 1. The first-order valence-electron chi connectivity index (χ1n) is 5.96. The minimum absolute atomic E-state index is 0.244. The highest BCUT2D eigenvalue weighted by Gasteiger charge is 2.25. The summed E-state index contributed by atoms with van der Waals surface area (Å²) in [6.07, 6.45) is 0.407. The zero-order valence-electron chi connectivity index (χ0n) is 10.2. The van der Waals surface area contributed by atoms with Gasteiger partial charge in [0.15, 0.2) is 0 Å². The second-order valence-electron chi connectivity index (χ2n) is 4.38. The minimum Gasteiger partial charge on any atom is -0.530 e. The average Bonchev–Trinajstić information content (AvgIpc) is 2.36. The minimum atomic E-state index is -1.43. The van der Waals surface area contributed by atoms with Crippen LogP contribution in [0, 0.1) is 0 Å². The first-order valence-corrected chi connectivity index (χ1v) is 5.96. The molecule has 5 heteroatoms. The molecule has 0 fully saturated rings. The zero-order valence-corrected chi connectivity index (χ0v) is 10.2.